The highest BCUT2D eigenvalue weighted by atomic mass is 32.1. The summed E-state index contributed by atoms with van der Waals surface area (Å²) in [5.41, 5.74) is 1.50. The Morgan fingerprint density at radius 1 is 1.32 bits per heavy atom. The van der Waals surface area contributed by atoms with E-state index in [9.17, 15) is 9.18 Å². The van der Waals surface area contributed by atoms with Crippen molar-refractivity contribution in [3.05, 3.63) is 57.5 Å². The van der Waals surface area contributed by atoms with Crippen LogP contribution in [0.25, 0.3) is 0 Å². The Bertz CT molecular complexity index is 608. The van der Waals surface area contributed by atoms with Crippen molar-refractivity contribution in [2.24, 2.45) is 0 Å². The fourth-order valence-electron chi connectivity index (χ4n) is 2.42. The molecular weight excluding hydrogens is 261 g/mol. The number of fused-ring (bicyclic) bond motifs is 1. The van der Waals surface area contributed by atoms with Crippen LogP contribution >= 0.6 is 11.3 Å². The van der Waals surface area contributed by atoms with Crippen molar-refractivity contribution in [2.45, 2.75) is 13.0 Å². The van der Waals surface area contributed by atoms with E-state index < -0.39 is 5.82 Å². The van der Waals surface area contributed by atoms with Crippen LogP contribution in [0.2, 0.25) is 0 Å². The van der Waals surface area contributed by atoms with Crippen LogP contribution in [-0.2, 0) is 13.0 Å². The molecule has 0 saturated carbocycles. The summed E-state index contributed by atoms with van der Waals surface area (Å²) in [6, 6.07) is 8.30. The molecule has 1 aliphatic rings. The van der Waals surface area contributed by atoms with E-state index in [0.717, 1.165) is 19.5 Å². The lowest BCUT2D eigenvalue weighted by Gasteiger charge is -2.26. The van der Waals surface area contributed by atoms with E-state index in [1.54, 1.807) is 29.5 Å². The molecule has 0 spiro atoms. The smallest absolute Gasteiger partial charge is 0.179 e. The summed E-state index contributed by atoms with van der Waals surface area (Å²) in [5.74, 6) is -0.572. The molecule has 19 heavy (non-hydrogen) atoms. The van der Waals surface area contributed by atoms with Crippen molar-refractivity contribution in [1.82, 2.24) is 4.90 Å². The second-order valence-corrected chi connectivity index (χ2v) is 5.73. The van der Waals surface area contributed by atoms with Crippen LogP contribution in [0.3, 0.4) is 0 Å². The molecule has 0 unspecified atom stereocenters. The van der Waals surface area contributed by atoms with Crippen LogP contribution in [0, 0.1) is 5.82 Å². The summed E-state index contributed by atoms with van der Waals surface area (Å²) in [4.78, 5) is 15.6. The topological polar surface area (TPSA) is 20.3 Å². The van der Waals surface area contributed by atoms with Gasteiger partial charge in [-0.15, -0.1) is 11.3 Å². The third kappa shape index (κ3) is 2.60. The molecule has 1 aromatic heterocycles. The molecule has 0 N–H and O–H groups in total. The van der Waals surface area contributed by atoms with Gasteiger partial charge in [0, 0.05) is 18.0 Å². The maximum atomic E-state index is 13.5. The fourth-order valence-corrected chi connectivity index (χ4v) is 3.31. The van der Waals surface area contributed by atoms with Crippen LogP contribution in [0.15, 0.2) is 35.7 Å². The lowest BCUT2D eigenvalue weighted by molar-refractivity contribution is 0.0918. The number of ketones is 1. The first-order chi connectivity index (χ1) is 9.24. The summed E-state index contributed by atoms with van der Waals surface area (Å²) >= 11 is 1.77. The number of nitrogens with zero attached hydrogens (tertiary/aromatic N) is 1. The second-order valence-electron chi connectivity index (χ2n) is 4.73. The van der Waals surface area contributed by atoms with E-state index in [1.807, 2.05) is 0 Å². The molecule has 0 radical (unpaired) electrons. The minimum Gasteiger partial charge on any atom is -0.293 e. The van der Waals surface area contributed by atoms with Gasteiger partial charge in [-0.25, -0.2) is 4.39 Å². The highest BCUT2D eigenvalue weighted by molar-refractivity contribution is 7.10. The van der Waals surface area contributed by atoms with Crippen molar-refractivity contribution < 1.29 is 9.18 Å². The molecule has 0 atom stereocenters. The lowest BCUT2D eigenvalue weighted by Crippen LogP contribution is -2.34. The summed E-state index contributed by atoms with van der Waals surface area (Å²) in [5, 5.41) is 2.09. The van der Waals surface area contributed by atoms with Gasteiger partial charge in [0.25, 0.3) is 0 Å². The zero-order chi connectivity index (χ0) is 13.2. The molecule has 0 amide bonds. The molecule has 2 heterocycles. The molecule has 0 bridgehead atoms. The molecule has 98 valence electrons. The third-order valence-electron chi connectivity index (χ3n) is 3.43. The molecule has 1 aromatic carbocycles. The van der Waals surface area contributed by atoms with Gasteiger partial charge in [-0.1, -0.05) is 12.1 Å². The monoisotopic (exact) mass is 275 g/mol. The predicted molar refractivity (Wildman–Crippen MR) is 74.0 cm³/mol. The zero-order valence-corrected chi connectivity index (χ0v) is 11.3. The number of benzene rings is 1. The highest BCUT2D eigenvalue weighted by Crippen LogP contribution is 2.24. The Morgan fingerprint density at radius 2 is 2.16 bits per heavy atom. The largest absolute Gasteiger partial charge is 0.293 e. The number of carbonyl (C=O) groups is 1. The molecule has 0 saturated heterocycles. The fraction of sp³-hybridized carbons (Fsp3) is 0.267. The maximum Gasteiger partial charge on any atom is 0.179 e. The van der Waals surface area contributed by atoms with E-state index in [-0.39, 0.29) is 17.9 Å². The number of carbonyl (C=O) groups excluding carboxylic acids is 1. The Balaban J connectivity index is 1.70. The zero-order valence-electron chi connectivity index (χ0n) is 10.4. The third-order valence-corrected chi connectivity index (χ3v) is 4.45. The van der Waals surface area contributed by atoms with Gasteiger partial charge in [-0.2, -0.15) is 0 Å². The number of hydrogen-bond donors (Lipinski definition) is 0. The number of hydrogen-bond acceptors (Lipinski definition) is 3. The van der Waals surface area contributed by atoms with Crippen LogP contribution in [0.5, 0.6) is 0 Å². The molecule has 0 fully saturated rings. The summed E-state index contributed by atoms with van der Waals surface area (Å²) in [7, 11) is 0. The van der Waals surface area contributed by atoms with Crippen molar-refractivity contribution >= 4 is 17.1 Å². The van der Waals surface area contributed by atoms with E-state index in [2.05, 4.69) is 16.3 Å². The Morgan fingerprint density at radius 3 is 3.00 bits per heavy atom. The molecular formula is C15H14FNOS. The Kier molecular flexibility index (Phi) is 3.44. The summed E-state index contributed by atoms with van der Waals surface area (Å²) in [6.45, 7) is 1.95. The van der Waals surface area contributed by atoms with Crippen molar-refractivity contribution in [3.8, 4) is 0 Å². The number of rotatable bonds is 3. The molecule has 3 rings (SSSR count). The van der Waals surface area contributed by atoms with E-state index in [4.69, 9.17) is 0 Å². The van der Waals surface area contributed by atoms with Gasteiger partial charge in [0.1, 0.15) is 5.82 Å². The Hall–Kier alpha value is -1.52. The first kappa shape index (κ1) is 12.5. The highest BCUT2D eigenvalue weighted by Gasteiger charge is 2.20. The number of thiophene rings is 1. The quantitative estimate of drug-likeness (QED) is 0.802. The van der Waals surface area contributed by atoms with Crippen molar-refractivity contribution in [3.63, 3.8) is 0 Å². The molecule has 2 aromatic rings. The van der Waals surface area contributed by atoms with Gasteiger partial charge in [0.2, 0.25) is 0 Å². The minimum atomic E-state index is -0.430. The summed E-state index contributed by atoms with van der Waals surface area (Å²) in [6.07, 6.45) is 0.984. The first-order valence-electron chi connectivity index (χ1n) is 6.29. The van der Waals surface area contributed by atoms with Crippen molar-refractivity contribution in [2.75, 3.05) is 13.1 Å². The van der Waals surface area contributed by atoms with E-state index in [1.165, 1.54) is 16.5 Å². The molecule has 4 heteroatoms. The van der Waals surface area contributed by atoms with Crippen LogP contribution in [-0.4, -0.2) is 23.8 Å². The molecule has 0 aliphatic carbocycles. The number of Topliss-reactive ketones (excluding diaryl/α,β-unsaturated/α-hetero) is 1. The minimum absolute atomic E-state index is 0.142. The molecule has 1 aliphatic heterocycles. The lowest BCUT2D eigenvalue weighted by atomic mass is 10.1. The van der Waals surface area contributed by atoms with Gasteiger partial charge in [-0.3, -0.25) is 9.69 Å². The van der Waals surface area contributed by atoms with Crippen LogP contribution in [0.4, 0.5) is 4.39 Å². The molecule has 2 nitrogen and oxygen atoms in total. The first-order valence-corrected chi connectivity index (χ1v) is 7.17. The Labute approximate surface area is 115 Å². The summed E-state index contributed by atoms with van der Waals surface area (Å²) < 4.78 is 13.5. The van der Waals surface area contributed by atoms with Crippen molar-refractivity contribution in [1.29, 1.82) is 0 Å². The van der Waals surface area contributed by atoms with Crippen LogP contribution in [0.1, 0.15) is 20.8 Å². The normalized spacial score (nSPS) is 15.2. The standard InChI is InChI=1S/C15H14FNOS/c16-13-4-2-1-3-12(13)14(18)10-17-7-5-15-11(9-17)6-8-19-15/h1-4,6,8H,5,7,9-10H2. The van der Waals surface area contributed by atoms with E-state index >= 15 is 0 Å². The second kappa shape index (κ2) is 5.23. The van der Waals surface area contributed by atoms with E-state index in [0.29, 0.717) is 0 Å². The SMILES string of the molecule is O=C(CN1CCc2sccc2C1)c1ccccc1F. The maximum absolute atomic E-state index is 13.5. The van der Waals surface area contributed by atoms with Crippen LogP contribution < -0.4 is 0 Å². The van der Waals surface area contributed by atoms with Gasteiger partial charge in [-0.05, 0) is 35.6 Å². The van der Waals surface area contributed by atoms with Gasteiger partial charge in [0.15, 0.2) is 5.78 Å². The average Bonchev–Trinajstić information content (AvgIpc) is 2.86. The number of halogens is 1. The van der Waals surface area contributed by atoms with Gasteiger partial charge < -0.3 is 0 Å². The predicted octanol–water partition coefficient (Wildman–Crippen LogP) is 3.13. The average molecular weight is 275 g/mol. The van der Waals surface area contributed by atoms with Gasteiger partial charge >= 0.3 is 0 Å². The van der Waals surface area contributed by atoms with Gasteiger partial charge in [0.05, 0.1) is 12.1 Å².